The van der Waals surface area contributed by atoms with E-state index in [9.17, 15) is 14.4 Å². The number of carbonyl (C=O) groups excluding carboxylic acids is 2. The van der Waals surface area contributed by atoms with Crippen LogP contribution in [0.4, 0.5) is 0 Å². The lowest BCUT2D eigenvalue weighted by Crippen LogP contribution is -2.38. The van der Waals surface area contributed by atoms with Gasteiger partial charge in [0.2, 0.25) is 11.8 Å². The predicted molar refractivity (Wildman–Crippen MR) is 49.2 cm³/mol. The van der Waals surface area contributed by atoms with Gasteiger partial charge in [0.25, 0.3) is 0 Å². The third kappa shape index (κ3) is 1.07. The molecule has 0 radical (unpaired) electrons. The van der Waals surface area contributed by atoms with Crippen LogP contribution < -0.4 is 0 Å². The number of carbonyl (C=O) groups is 3. The van der Waals surface area contributed by atoms with Gasteiger partial charge in [0.15, 0.2) is 0 Å². The van der Waals surface area contributed by atoms with Gasteiger partial charge in [-0.15, -0.1) is 0 Å². The summed E-state index contributed by atoms with van der Waals surface area (Å²) < 4.78 is 5.52. The number of fused-ring (bicyclic) bond motifs is 5. The number of likely N-dealkylation sites (tertiary alicyclic amines) is 1. The van der Waals surface area contributed by atoms with Crippen molar-refractivity contribution in [2.45, 2.75) is 25.0 Å². The first kappa shape index (κ1) is 9.77. The summed E-state index contributed by atoms with van der Waals surface area (Å²) in [5, 5.41) is 8.64. The van der Waals surface area contributed by atoms with Crippen molar-refractivity contribution in [3.05, 3.63) is 0 Å². The van der Waals surface area contributed by atoms with Gasteiger partial charge in [0.05, 0.1) is 24.0 Å². The fourth-order valence-electron chi connectivity index (χ4n) is 3.06. The summed E-state index contributed by atoms with van der Waals surface area (Å²) in [7, 11) is 0. The molecule has 3 saturated heterocycles. The zero-order valence-electron chi connectivity index (χ0n) is 8.46. The molecule has 1 N–H and O–H groups in total. The third-order valence-corrected chi connectivity index (χ3v) is 3.67. The van der Waals surface area contributed by atoms with Gasteiger partial charge in [-0.1, -0.05) is 0 Å². The van der Waals surface area contributed by atoms with Crippen LogP contribution >= 0.6 is 0 Å². The van der Waals surface area contributed by atoms with Gasteiger partial charge in [0.1, 0.15) is 6.54 Å². The van der Waals surface area contributed by atoms with E-state index < -0.39 is 24.3 Å². The molecule has 4 atom stereocenters. The molecular formula is C10H11NO5. The fraction of sp³-hybridized carbons (Fsp3) is 0.700. The number of hydrogen-bond donors (Lipinski definition) is 1. The van der Waals surface area contributed by atoms with Crippen molar-refractivity contribution >= 4 is 17.8 Å². The Kier molecular flexibility index (Phi) is 1.85. The Hall–Kier alpha value is -1.43. The monoisotopic (exact) mass is 225 g/mol. The number of hydrogen-bond acceptors (Lipinski definition) is 4. The summed E-state index contributed by atoms with van der Waals surface area (Å²) in [6.07, 6.45) is 1.24. The quantitative estimate of drug-likeness (QED) is 0.624. The summed E-state index contributed by atoms with van der Waals surface area (Å²) in [6.45, 7) is -0.524. The number of rotatable bonds is 2. The van der Waals surface area contributed by atoms with Crippen LogP contribution in [-0.4, -0.2) is 46.5 Å². The Labute approximate surface area is 91.2 Å². The smallest absolute Gasteiger partial charge is 0.323 e. The predicted octanol–water partition coefficient (Wildman–Crippen LogP) is -0.767. The lowest BCUT2D eigenvalue weighted by molar-refractivity contribution is -0.151. The second kappa shape index (κ2) is 3.04. The Morgan fingerprint density at radius 3 is 2.19 bits per heavy atom. The van der Waals surface area contributed by atoms with Crippen LogP contribution in [0.2, 0.25) is 0 Å². The maximum atomic E-state index is 11.9. The molecule has 0 aliphatic carbocycles. The van der Waals surface area contributed by atoms with Crippen LogP contribution in [0.1, 0.15) is 12.8 Å². The lowest BCUT2D eigenvalue weighted by atomic mass is 9.81. The van der Waals surface area contributed by atoms with Gasteiger partial charge in [-0.05, 0) is 12.8 Å². The van der Waals surface area contributed by atoms with Crippen LogP contribution in [0.15, 0.2) is 0 Å². The summed E-state index contributed by atoms with van der Waals surface area (Å²) in [5.74, 6) is -2.75. The van der Waals surface area contributed by atoms with E-state index in [2.05, 4.69) is 0 Å². The van der Waals surface area contributed by atoms with Crippen LogP contribution in [0, 0.1) is 11.8 Å². The zero-order chi connectivity index (χ0) is 11.4. The molecule has 6 heteroatoms. The summed E-state index contributed by atoms with van der Waals surface area (Å²) >= 11 is 0. The number of carboxylic acids is 1. The molecule has 3 aliphatic rings. The average Bonchev–Trinajstić information content (AvgIpc) is 2.87. The van der Waals surface area contributed by atoms with Crippen LogP contribution in [0.5, 0.6) is 0 Å². The standard InChI is InChI=1S/C10H11NO5/c12-6(13)3-11-9(14)7-4-1-2-5(16-4)8(7)10(11)15/h4-5,7-8H,1-3H2,(H,12,13)/t4-,5-,7-,8-/m1/s1. The van der Waals surface area contributed by atoms with Crippen molar-refractivity contribution in [1.82, 2.24) is 4.90 Å². The number of imide groups is 1. The summed E-state index contributed by atoms with van der Waals surface area (Å²) in [5.41, 5.74) is 0. The Balaban J connectivity index is 1.89. The molecular weight excluding hydrogens is 214 g/mol. The SMILES string of the molecule is O=C(O)CN1C(=O)[C@H]2[C@H](C1=O)[C@H]1CC[C@H]2O1. The first-order valence-corrected chi connectivity index (χ1v) is 5.32. The molecule has 6 nitrogen and oxygen atoms in total. The zero-order valence-corrected chi connectivity index (χ0v) is 8.46. The Morgan fingerprint density at radius 2 is 1.75 bits per heavy atom. The Morgan fingerprint density at radius 1 is 1.25 bits per heavy atom. The topological polar surface area (TPSA) is 83.9 Å². The van der Waals surface area contributed by atoms with Crippen LogP contribution in [0.3, 0.4) is 0 Å². The Bertz CT molecular complexity index is 365. The van der Waals surface area contributed by atoms with E-state index in [1.54, 1.807) is 0 Å². The van der Waals surface area contributed by atoms with Gasteiger partial charge < -0.3 is 9.84 Å². The van der Waals surface area contributed by atoms with Crippen molar-refractivity contribution in [3.63, 3.8) is 0 Å². The third-order valence-electron chi connectivity index (χ3n) is 3.67. The first-order chi connectivity index (χ1) is 7.59. The normalized spacial score (nSPS) is 40.6. The number of aliphatic carboxylic acids is 1. The molecule has 0 aromatic carbocycles. The molecule has 0 aromatic heterocycles. The molecule has 3 fully saturated rings. The van der Waals surface area contributed by atoms with Gasteiger partial charge in [0, 0.05) is 0 Å². The van der Waals surface area contributed by atoms with E-state index in [1.807, 2.05) is 0 Å². The highest BCUT2D eigenvalue weighted by Crippen LogP contribution is 2.48. The number of nitrogens with zero attached hydrogens (tertiary/aromatic N) is 1. The van der Waals surface area contributed by atoms with Crippen molar-refractivity contribution in [2.24, 2.45) is 11.8 Å². The second-order valence-electron chi connectivity index (χ2n) is 4.50. The molecule has 16 heavy (non-hydrogen) atoms. The highest BCUT2D eigenvalue weighted by Gasteiger charge is 2.62. The minimum Gasteiger partial charge on any atom is -0.480 e. The van der Waals surface area contributed by atoms with Crippen molar-refractivity contribution in [3.8, 4) is 0 Å². The maximum Gasteiger partial charge on any atom is 0.323 e. The van der Waals surface area contributed by atoms with Crippen LogP contribution in [-0.2, 0) is 19.1 Å². The molecule has 86 valence electrons. The summed E-state index contributed by atoms with van der Waals surface area (Å²) in [4.78, 5) is 35.2. The molecule has 3 heterocycles. The van der Waals surface area contributed by atoms with E-state index in [0.29, 0.717) is 0 Å². The largest absolute Gasteiger partial charge is 0.480 e. The number of carboxylic acid groups (broad SMARTS) is 1. The second-order valence-corrected chi connectivity index (χ2v) is 4.50. The molecule has 3 rings (SSSR count). The average molecular weight is 225 g/mol. The minimum atomic E-state index is -1.16. The van der Waals surface area contributed by atoms with E-state index in [0.717, 1.165) is 17.7 Å². The van der Waals surface area contributed by atoms with Gasteiger partial charge in [-0.3, -0.25) is 19.3 Å². The van der Waals surface area contributed by atoms with Gasteiger partial charge in [-0.25, -0.2) is 0 Å². The maximum absolute atomic E-state index is 11.9. The van der Waals surface area contributed by atoms with E-state index in [-0.39, 0.29) is 24.0 Å². The van der Waals surface area contributed by atoms with Crippen LogP contribution in [0.25, 0.3) is 0 Å². The molecule has 0 spiro atoms. The fourth-order valence-corrected chi connectivity index (χ4v) is 3.06. The van der Waals surface area contributed by atoms with Crippen molar-refractivity contribution < 1.29 is 24.2 Å². The molecule has 2 bridgehead atoms. The minimum absolute atomic E-state index is 0.176. The van der Waals surface area contributed by atoms with Gasteiger partial charge in [-0.2, -0.15) is 0 Å². The van der Waals surface area contributed by atoms with Crippen molar-refractivity contribution in [1.29, 1.82) is 0 Å². The molecule has 0 aromatic rings. The van der Waals surface area contributed by atoms with Gasteiger partial charge >= 0.3 is 5.97 Å². The number of amides is 2. The molecule has 0 unspecified atom stereocenters. The van der Waals surface area contributed by atoms with Crippen molar-refractivity contribution in [2.75, 3.05) is 6.54 Å². The summed E-state index contributed by atoms with van der Waals surface area (Å²) in [6, 6.07) is 0. The van der Waals surface area contributed by atoms with E-state index >= 15 is 0 Å². The molecule has 0 saturated carbocycles. The van der Waals surface area contributed by atoms with E-state index in [4.69, 9.17) is 9.84 Å². The number of ether oxygens (including phenoxy) is 1. The van der Waals surface area contributed by atoms with E-state index in [1.165, 1.54) is 0 Å². The highest BCUT2D eigenvalue weighted by molar-refractivity contribution is 6.07. The first-order valence-electron chi connectivity index (χ1n) is 5.32. The molecule has 3 aliphatic heterocycles. The lowest BCUT2D eigenvalue weighted by Gasteiger charge is -2.15. The highest BCUT2D eigenvalue weighted by atomic mass is 16.5. The molecule has 2 amide bonds.